The minimum atomic E-state index is -3.95. The molecule has 32 heavy (non-hydrogen) atoms. The number of likely N-dealkylation sites (N-methyl/N-ethyl adjacent to an activating group) is 1. The van der Waals surface area contributed by atoms with Gasteiger partial charge in [0.05, 0.1) is 4.90 Å². The van der Waals surface area contributed by atoms with Gasteiger partial charge >= 0.3 is 0 Å². The smallest absolute Gasteiger partial charge is 0.251 e. The number of amides is 1. The summed E-state index contributed by atoms with van der Waals surface area (Å²) in [6, 6.07) is 9.59. The number of carbonyl (C=O) groups is 1. The van der Waals surface area contributed by atoms with Crippen LogP contribution in [0.2, 0.25) is 0 Å². The van der Waals surface area contributed by atoms with E-state index in [2.05, 4.69) is 26.4 Å². The Bertz CT molecular complexity index is 1080. The van der Waals surface area contributed by atoms with Crippen LogP contribution in [-0.2, 0) is 10.0 Å². The number of nitrogens with one attached hydrogen (secondary N) is 2. The van der Waals surface area contributed by atoms with Crippen LogP contribution in [0.15, 0.2) is 60.0 Å². The zero-order valence-electron chi connectivity index (χ0n) is 18.3. The molecule has 2 N–H and O–H groups in total. The Morgan fingerprint density at radius 1 is 1.19 bits per heavy atom. The van der Waals surface area contributed by atoms with Crippen LogP contribution >= 0.6 is 0 Å². The molecule has 0 aliphatic carbocycles. The van der Waals surface area contributed by atoms with Gasteiger partial charge in [0.1, 0.15) is 5.82 Å². The van der Waals surface area contributed by atoms with Crippen LogP contribution in [0.3, 0.4) is 0 Å². The summed E-state index contributed by atoms with van der Waals surface area (Å²) >= 11 is 0. The number of carbonyl (C=O) groups excluding carboxylic acids is 1. The zero-order chi connectivity index (χ0) is 23.3. The van der Waals surface area contributed by atoms with E-state index in [9.17, 15) is 17.6 Å². The Morgan fingerprint density at radius 2 is 1.91 bits per heavy atom. The fraction of sp³-hybridized carbons (Fsp3) is 0.348. The first-order valence-corrected chi connectivity index (χ1v) is 11.9. The van der Waals surface area contributed by atoms with Gasteiger partial charge < -0.3 is 15.1 Å². The van der Waals surface area contributed by atoms with Gasteiger partial charge in [0, 0.05) is 50.0 Å². The average molecular weight is 461 g/mol. The fourth-order valence-electron chi connectivity index (χ4n) is 3.64. The second kappa shape index (κ2) is 10.2. The van der Waals surface area contributed by atoms with Crippen LogP contribution in [0.4, 0.5) is 10.1 Å². The first-order chi connectivity index (χ1) is 15.2. The van der Waals surface area contributed by atoms with Gasteiger partial charge in [-0.3, -0.25) is 4.79 Å². The molecule has 1 atom stereocenters. The SMILES string of the molecule is C=CCNC(=O)c1cccc(S(=O)(=O)NC(C)c2cc(F)ccc2N2CCN(C)CC2)c1. The van der Waals surface area contributed by atoms with E-state index in [1.165, 1.54) is 30.3 Å². The molecule has 172 valence electrons. The van der Waals surface area contributed by atoms with Crippen LogP contribution in [0.1, 0.15) is 28.9 Å². The first-order valence-electron chi connectivity index (χ1n) is 10.5. The number of hydrogen-bond donors (Lipinski definition) is 2. The van der Waals surface area contributed by atoms with Crippen LogP contribution in [0, 0.1) is 5.82 Å². The molecule has 0 radical (unpaired) electrons. The second-order valence-corrected chi connectivity index (χ2v) is 9.58. The summed E-state index contributed by atoms with van der Waals surface area (Å²) in [5, 5.41) is 2.62. The number of halogens is 1. The molecule has 1 unspecified atom stereocenters. The highest BCUT2D eigenvalue weighted by atomic mass is 32.2. The molecule has 1 aliphatic rings. The zero-order valence-corrected chi connectivity index (χ0v) is 19.2. The van der Waals surface area contributed by atoms with Gasteiger partial charge in [-0.15, -0.1) is 6.58 Å². The second-order valence-electron chi connectivity index (χ2n) is 7.86. The summed E-state index contributed by atoms with van der Waals surface area (Å²) in [5.41, 5.74) is 1.61. The molecule has 2 aromatic rings. The third-order valence-electron chi connectivity index (χ3n) is 5.45. The lowest BCUT2D eigenvalue weighted by atomic mass is 10.0. The van der Waals surface area contributed by atoms with Crippen molar-refractivity contribution in [2.75, 3.05) is 44.7 Å². The molecular formula is C23H29FN4O3S. The summed E-state index contributed by atoms with van der Waals surface area (Å²) in [6.07, 6.45) is 1.54. The van der Waals surface area contributed by atoms with Crippen LogP contribution in [-0.4, -0.2) is 59.0 Å². The summed E-state index contributed by atoms with van der Waals surface area (Å²) in [6.45, 7) is 8.80. The third-order valence-corrected chi connectivity index (χ3v) is 6.98. The molecule has 0 spiro atoms. The van der Waals surface area contributed by atoms with E-state index in [1.54, 1.807) is 25.1 Å². The lowest BCUT2D eigenvalue weighted by Crippen LogP contribution is -2.45. The number of rotatable bonds is 8. The van der Waals surface area contributed by atoms with Crippen LogP contribution in [0.5, 0.6) is 0 Å². The Morgan fingerprint density at radius 3 is 2.59 bits per heavy atom. The van der Waals surface area contributed by atoms with Crippen molar-refractivity contribution in [1.29, 1.82) is 0 Å². The molecule has 1 amide bonds. The van der Waals surface area contributed by atoms with Gasteiger partial charge in [-0.2, -0.15) is 0 Å². The molecule has 1 fully saturated rings. The number of anilines is 1. The maximum Gasteiger partial charge on any atom is 0.251 e. The molecule has 2 aromatic carbocycles. The lowest BCUT2D eigenvalue weighted by molar-refractivity contribution is 0.0958. The topological polar surface area (TPSA) is 81.7 Å². The monoisotopic (exact) mass is 460 g/mol. The summed E-state index contributed by atoms with van der Waals surface area (Å²) in [4.78, 5) is 16.5. The van der Waals surface area contributed by atoms with E-state index in [0.717, 1.165) is 31.9 Å². The summed E-state index contributed by atoms with van der Waals surface area (Å²) in [5.74, 6) is -0.817. The van der Waals surface area contributed by atoms with Crippen molar-refractivity contribution < 1.29 is 17.6 Å². The van der Waals surface area contributed by atoms with Crippen molar-refractivity contribution in [2.45, 2.75) is 17.9 Å². The minimum Gasteiger partial charge on any atom is -0.369 e. The van der Waals surface area contributed by atoms with E-state index < -0.39 is 27.8 Å². The van der Waals surface area contributed by atoms with E-state index in [4.69, 9.17) is 0 Å². The van der Waals surface area contributed by atoms with Gasteiger partial charge in [0.15, 0.2) is 0 Å². The molecule has 1 aliphatic heterocycles. The summed E-state index contributed by atoms with van der Waals surface area (Å²) in [7, 11) is -1.91. The minimum absolute atomic E-state index is 0.0341. The number of benzene rings is 2. The standard InChI is InChI=1S/C23H29FN4O3S/c1-4-10-25-23(29)18-6-5-7-20(15-18)32(30,31)26-17(2)21-16-19(24)8-9-22(21)28-13-11-27(3)12-14-28/h4-9,15-17,26H,1,10-14H2,2-3H3,(H,25,29). The van der Waals surface area contributed by atoms with E-state index in [1.807, 2.05) is 7.05 Å². The Kier molecular flexibility index (Phi) is 7.65. The molecule has 1 heterocycles. The number of nitrogens with zero attached hydrogens (tertiary/aromatic N) is 2. The van der Waals surface area contributed by atoms with Crippen molar-refractivity contribution in [3.05, 3.63) is 72.1 Å². The molecule has 1 saturated heterocycles. The first kappa shape index (κ1) is 23.9. The molecule has 0 aromatic heterocycles. The highest BCUT2D eigenvalue weighted by molar-refractivity contribution is 7.89. The average Bonchev–Trinajstić information content (AvgIpc) is 2.78. The van der Waals surface area contributed by atoms with E-state index in [0.29, 0.717) is 5.56 Å². The Labute approximate surface area is 189 Å². The summed E-state index contributed by atoms with van der Waals surface area (Å²) < 4.78 is 42.8. The highest BCUT2D eigenvalue weighted by Crippen LogP contribution is 2.29. The van der Waals surface area contributed by atoms with Gasteiger partial charge in [-0.05, 0) is 55.9 Å². The van der Waals surface area contributed by atoms with Crippen molar-refractivity contribution in [1.82, 2.24) is 14.9 Å². The number of piperazine rings is 1. The fourth-order valence-corrected chi connectivity index (χ4v) is 4.91. The van der Waals surface area contributed by atoms with Gasteiger partial charge in [-0.1, -0.05) is 12.1 Å². The van der Waals surface area contributed by atoms with Gasteiger partial charge in [-0.25, -0.2) is 17.5 Å². The van der Waals surface area contributed by atoms with Crippen molar-refractivity contribution in [3.63, 3.8) is 0 Å². The highest BCUT2D eigenvalue weighted by Gasteiger charge is 2.24. The van der Waals surface area contributed by atoms with Crippen LogP contribution in [0.25, 0.3) is 0 Å². The molecule has 0 saturated carbocycles. The molecule has 7 nitrogen and oxygen atoms in total. The normalized spacial score (nSPS) is 15.9. The molecule has 3 rings (SSSR count). The quantitative estimate of drug-likeness (QED) is 0.592. The Balaban J connectivity index is 1.84. The third kappa shape index (κ3) is 5.73. The predicted molar refractivity (Wildman–Crippen MR) is 124 cm³/mol. The van der Waals surface area contributed by atoms with Gasteiger partial charge in [0.25, 0.3) is 5.91 Å². The van der Waals surface area contributed by atoms with Gasteiger partial charge in [0.2, 0.25) is 10.0 Å². The van der Waals surface area contributed by atoms with Crippen LogP contribution < -0.4 is 14.9 Å². The predicted octanol–water partition coefficient (Wildman–Crippen LogP) is 2.53. The van der Waals surface area contributed by atoms with Crippen molar-refractivity contribution in [2.24, 2.45) is 0 Å². The molecule has 9 heteroatoms. The molecule has 0 bridgehead atoms. The number of sulfonamides is 1. The number of hydrogen-bond acceptors (Lipinski definition) is 5. The lowest BCUT2D eigenvalue weighted by Gasteiger charge is -2.36. The Hall–Kier alpha value is -2.75. The van der Waals surface area contributed by atoms with Crippen molar-refractivity contribution in [3.8, 4) is 0 Å². The van der Waals surface area contributed by atoms with Crippen molar-refractivity contribution >= 4 is 21.6 Å². The van der Waals surface area contributed by atoms with E-state index in [-0.39, 0.29) is 17.0 Å². The molecular weight excluding hydrogens is 431 g/mol. The maximum absolute atomic E-state index is 14.1. The largest absolute Gasteiger partial charge is 0.369 e. The maximum atomic E-state index is 14.1. The van der Waals surface area contributed by atoms with E-state index >= 15 is 0 Å².